The van der Waals surface area contributed by atoms with Crippen molar-refractivity contribution < 1.29 is 27.3 Å². The smallest absolute Gasteiger partial charge is 0.235 e. The van der Waals surface area contributed by atoms with Crippen LogP contribution in [0.2, 0.25) is 0 Å². The summed E-state index contributed by atoms with van der Waals surface area (Å²) in [5.74, 6) is 1.38. The number of nitrogens with zero attached hydrogens (tertiary/aromatic N) is 1. The number of carbonyl (C=O) groups is 1. The second-order valence-electron chi connectivity index (χ2n) is 10.1. The number of aliphatic hydroxyl groups is 2. The van der Waals surface area contributed by atoms with Gasteiger partial charge in [-0.1, -0.05) is 26.8 Å². The van der Waals surface area contributed by atoms with Gasteiger partial charge in [-0.05, 0) is 54.8 Å². The Kier molecular flexibility index (Phi) is 5.14. The van der Waals surface area contributed by atoms with Crippen molar-refractivity contribution in [1.82, 2.24) is 4.57 Å². The maximum Gasteiger partial charge on any atom is 0.235 e. The van der Waals surface area contributed by atoms with Gasteiger partial charge in [-0.15, -0.1) is 0 Å². The number of aliphatic hydroxyl groups excluding tert-OH is 2. The van der Waals surface area contributed by atoms with Gasteiger partial charge in [0.15, 0.2) is 11.5 Å². The number of aromatic nitrogens is 1. The molecule has 1 aliphatic heterocycles. The van der Waals surface area contributed by atoms with E-state index in [0.717, 1.165) is 40.7 Å². The highest BCUT2D eigenvalue weighted by molar-refractivity contribution is 6.02. The van der Waals surface area contributed by atoms with Crippen LogP contribution in [-0.2, 0) is 22.2 Å². The zero-order valence-electron chi connectivity index (χ0n) is 19.2. The van der Waals surface area contributed by atoms with E-state index in [0.29, 0.717) is 18.0 Å². The summed E-state index contributed by atoms with van der Waals surface area (Å²) in [4.78, 5) is 13.3. The SMILES string of the molecule is CC(C)(C)c1cc2cc(NC(=O)C3(c4ccc5c(c4)OCO5)CC3)ccc2n1C[C@@H](O)CO.[HH].[HH]. The van der Waals surface area contributed by atoms with Crippen molar-refractivity contribution >= 4 is 22.5 Å². The molecule has 1 amide bonds. The Hall–Kier alpha value is -3.03. The molecule has 0 saturated heterocycles. The minimum absolute atomic E-state index is 0. The van der Waals surface area contributed by atoms with Gasteiger partial charge in [0.25, 0.3) is 0 Å². The molecule has 178 valence electrons. The first-order chi connectivity index (χ1) is 15.7. The molecular weight excluding hydrogens is 420 g/mol. The average Bonchev–Trinajstić information content (AvgIpc) is 3.32. The standard InChI is InChI=1S/C26H30N2O5.2H2/c1-25(2,3)23-11-16-10-18(5-6-20(16)28(23)13-19(30)14-29)27-24(31)26(8-9-26)17-4-7-21-22(12-17)33-15-32-21;;/h4-7,10-12,19,29-30H,8-9,13-15H2,1-3H3,(H,27,31);2*1H/t19-;;/m1../s1. The lowest BCUT2D eigenvalue weighted by Crippen LogP contribution is -2.27. The number of hydrogen-bond acceptors (Lipinski definition) is 5. The highest BCUT2D eigenvalue weighted by Crippen LogP contribution is 2.51. The largest absolute Gasteiger partial charge is 0.454 e. The number of nitrogens with one attached hydrogen (secondary N) is 1. The minimum Gasteiger partial charge on any atom is -0.454 e. The second-order valence-corrected chi connectivity index (χ2v) is 10.1. The lowest BCUT2D eigenvalue weighted by molar-refractivity contribution is -0.118. The third-order valence-corrected chi connectivity index (χ3v) is 6.64. The average molecular weight is 455 g/mol. The molecule has 3 aromatic rings. The highest BCUT2D eigenvalue weighted by Gasteiger charge is 2.51. The molecule has 0 unspecified atom stereocenters. The Bertz CT molecular complexity index is 1230. The molecule has 1 fully saturated rings. The zero-order valence-corrected chi connectivity index (χ0v) is 19.2. The number of hydrogen-bond donors (Lipinski definition) is 3. The molecule has 2 aromatic carbocycles. The van der Waals surface area contributed by atoms with Crippen molar-refractivity contribution in [3.63, 3.8) is 0 Å². The number of ether oxygens (including phenoxy) is 2. The fourth-order valence-electron chi connectivity index (χ4n) is 4.65. The Balaban J connectivity index is 0.00000171. The molecule has 1 aliphatic carbocycles. The molecule has 5 rings (SSSR count). The summed E-state index contributed by atoms with van der Waals surface area (Å²) in [7, 11) is 0. The predicted octanol–water partition coefficient (Wildman–Crippen LogP) is 4.18. The van der Waals surface area contributed by atoms with Crippen LogP contribution in [0.4, 0.5) is 5.69 Å². The van der Waals surface area contributed by atoms with Crippen LogP contribution in [0.1, 0.15) is 47.7 Å². The van der Waals surface area contributed by atoms with Crippen LogP contribution in [0.5, 0.6) is 11.5 Å². The van der Waals surface area contributed by atoms with Crippen LogP contribution in [0.25, 0.3) is 10.9 Å². The summed E-state index contributed by atoms with van der Waals surface area (Å²) in [5, 5.41) is 23.5. The van der Waals surface area contributed by atoms with Gasteiger partial charge in [0.2, 0.25) is 12.7 Å². The molecule has 2 heterocycles. The van der Waals surface area contributed by atoms with Crippen molar-refractivity contribution in [3.8, 4) is 11.5 Å². The van der Waals surface area contributed by atoms with Gasteiger partial charge in [-0.25, -0.2) is 0 Å². The number of benzene rings is 2. The summed E-state index contributed by atoms with van der Waals surface area (Å²) in [6.45, 7) is 6.59. The van der Waals surface area contributed by atoms with E-state index in [4.69, 9.17) is 9.47 Å². The number of fused-ring (bicyclic) bond motifs is 2. The van der Waals surface area contributed by atoms with Crippen LogP contribution < -0.4 is 14.8 Å². The van der Waals surface area contributed by atoms with Gasteiger partial charge in [0.05, 0.1) is 24.7 Å². The maximum atomic E-state index is 13.3. The van der Waals surface area contributed by atoms with Crippen LogP contribution in [0.15, 0.2) is 42.5 Å². The lowest BCUT2D eigenvalue weighted by Gasteiger charge is -2.23. The van der Waals surface area contributed by atoms with Crippen LogP contribution in [0.3, 0.4) is 0 Å². The Morgan fingerprint density at radius 2 is 1.91 bits per heavy atom. The molecule has 0 spiro atoms. The van der Waals surface area contributed by atoms with Crippen molar-refractivity contribution in [1.29, 1.82) is 0 Å². The summed E-state index contributed by atoms with van der Waals surface area (Å²) < 4.78 is 12.9. The Labute approximate surface area is 195 Å². The first-order valence-electron chi connectivity index (χ1n) is 11.4. The molecule has 1 aromatic heterocycles. The van der Waals surface area contributed by atoms with Crippen LogP contribution in [-0.4, -0.2) is 40.2 Å². The first kappa shape index (κ1) is 21.8. The van der Waals surface area contributed by atoms with Crippen molar-refractivity contribution in [3.05, 3.63) is 53.7 Å². The fourth-order valence-corrected chi connectivity index (χ4v) is 4.65. The van der Waals surface area contributed by atoms with Gasteiger partial charge in [0.1, 0.15) is 0 Å². The zero-order chi connectivity index (χ0) is 23.4. The van der Waals surface area contributed by atoms with Crippen molar-refractivity contribution in [2.45, 2.75) is 57.1 Å². The third kappa shape index (κ3) is 3.85. The van der Waals surface area contributed by atoms with E-state index in [2.05, 4.69) is 36.7 Å². The van der Waals surface area contributed by atoms with Crippen molar-refractivity contribution in [2.75, 3.05) is 18.7 Å². The Morgan fingerprint density at radius 3 is 2.61 bits per heavy atom. The minimum atomic E-state index is -0.836. The number of anilines is 1. The molecule has 7 nitrogen and oxygen atoms in total. The maximum absolute atomic E-state index is 13.3. The lowest BCUT2D eigenvalue weighted by atomic mass is 9.92. The predicted molar refractivity (Wildman–Crippen MR) is 130 cm³/mol. The third-order valence-electron chi connectivity index (χ3n) is 6.64. The van der Waals surface area contributed by atoms with E-state index in [-0.39, 0.29) is 27.6 Å². The molecule has 3 N–H and O–H groups in total. The fraction of sp³-hybridized carbons (Fsp3) is 0.423. The highest BCUT2D eigenvalue weighted by atomic mass is 16.7. The normalized spacial score (nSPS) is 17.2. The molecule has 2 aliphatic rings. The van der Waals surface area contributed by atoms with E-state index in [9.17, 15) is 15.0 Å². The Morgan fingerprint density at radius 1 is 1.15 bits per heavy atom. The van der Waals surface area contributed by atoms with Gasteiger partial charge < -0.3 is 29.6 Å². The van der Waals surface area contributed by atoms with Gasteiger partial charge in [-0.2, -0.15) is 0 Å². The molecule has 0 bridgehead atoms. The molecule has 7 heteroatoms. The van der Waals surface area contributed by atoms with Crippen LogP contribution >= 0.6 is 0 Å². The van der Waals surface area contributed by atoms with E-state index in [1.165, 1.54) is 0 Å². The van der Waals surface area contributed by atoms with Crippen molar-refractivity contribution in [2.24, 2.45) is 0 Å². The number of rotatable bonds is 6. The second kappa shape index (κ2) is 7.78. The quantitative estimate of drug-likeness (QED) is 0.520. The molecule has 0 radical (unpaired) electrons. The first-order valence-corrected chi connectivity index (χ1v) is 11.4. The molecule has 1 saturated carbocycles. The number of amides is 1. The van der Waals surface area contributed by atoms with E-state index < -0.39 is 11.5 Å². The summed E-state index contributed by atoms with van der Waals surface area (Å²) >= 11 is 0. The van der Waals surface area contributed by atoms with E-state index in [1.54, 1.807) is 0 Å². The molecule has 33 heavy (non-hydrogen) atoms. The number of carbonyl (C=O) groups excluding carboxylic acids is 1. The van der Waals surface area contributed by atoms with E-state index >= 15 is 0 Å². The summed E-state index contributed by atoms with van der Waals surface area (Å²) in [5.41, 5.74) is 3.03. The van der Waals surface area contributed by atoms with E-state index in [1.807, 2.05) is 36.4 Å². The summed E-state index contributed by atoms with van der Waals surface area (Å²) in [6.07, 6.45) is 0.756. The van der Waals surface area contributed by atoms with Gasteiger partial charge >= 0.3 is 0 Å². The monoisotopic (exact) mass is 454 g/mol. The van der Waals surface area contributed by atoms with Gasteiger partial charge in [0, 0.05) is 30.6 Å². The molecular formula is C26H34N2O5. The topological polar surface area (TPSA) is 93.0 Å². The molecule has 1 atom stereocenters. The van der Waals surface area contributed by atoms with Crippen LogP contribution in [0, 0.1) is 0 Å². The van der Waals surface area contributed by atoms with Gasteiger partial charge in [-0.3, -0.25) is 4.79 Å². The summed E-state index contributed by atoms with van der Waals surface area (Å²) in [6, 6.07) is 13.7.